The maximum absolute atomic E-state index is 12.3. The van der Waals surface area contributed by atoms with Gasteiger partial charge in [0.2, 0.25) is 0 Å². The summed E-state index contributed by atoms with van der Waals surface area (Å²) >= 11 is 0. The van der Waals surface area contributed by atoms with Crippen LogP contribution < -0.4 is 5.32 Å². The zero-order chi connectivity index (χ0) is 14.1. The molecule has 3 rings (SSSR count). The largest absolute Gasteiger partial charge is 0.316 e. The Bertz CT molecular complexity index is 547. The Morgan fingerprint density at radius 3 is 2.80 bits per heavy atom. The first-order valence-corrected chi connectivity index (χ1v) is 7.34. The fourth-order valence-electron chi connectivity index (χ4n) is 3.09. The van der Waals surface area contributed by atoms with Crippen LogP contribution in [0.3, 0.4) is 0 Å². The van der Waals surface area contributed by atoms with Gasteiger partial charge in [-0.2, -0.15) is 0 Å². The maximum atomic E-state index is 12.3. The van der Waals surface area contributed by atoms with Gasteiger partial charge >= 0.3 is 0 Å². The molecule has 2 aliphatic rings. The van der Waals surface area contributed by atoms with Crippen LogP contribution in [0.25, 0.3) is 0 Å². The summed E-state index contributed by atoms with van der Waals surface area (Å²) < 4.78 is 0. The minimum Gasteiger partial charge on any atom is -0.316 e. The number of nitrogens with one attached hydrogen (secondary N) is 1. The molecule has 1 unspecified atom stereocenters. The van der Waals surface area contributed by atoms with Gasteiger partial charge in [0.1, 0.15) is 0 Å². The minimum atomic E-state index is -0.131. The molecule has 1 atom stereocenters. The number of hydrogen-bond acceptors (Lipinski definition) is 3. The van der Waals surface area contributed by atoms with E-state index < -0.39 is 0 Å². The molecule has 106 valence electrons. The van der Waals surface area contributed by atoms with Gasteiger partial charge in [-0.15, -0.1) is 0 Å². The Balaban J connectivity index is 1.69. The van der Waals surface area contributed by atoms with Crippen LogP contribution in [-0.2, 0) is 0 Å². The van der Waals surface area contributed by atoms with Crippen molar-refractivity contribution in [1.29, 1.82) is 0 Å². The number of rotatable bonds is 3. The number of imide groups is 1. The fraction of sp³-hybridized carbons (Fsp3) is 0.500. The molecule has 0 saturated carbocycles. The molecular formula is C16H20N2O2. The Kier molecular flexibility index (Phi) is 3.57. The topological polar surface area (TPSA) is 49.4 Å². The van der Waals surface area contributed by atoms with Gasteiger partial charge in [-0.3, -0.25) is 14.5 Å². The van der Waals surface area contributed by atoms with Crippen molar-refractivity contribution < 1.29 is 9.59 Å². The van der Waals surface area contributed by atoms with Crippen LogP contribution >= 0.6 is 0 Å². The number of aryl methyl sites for hydroxylation is 1. The SMILES string of the molecule is Cc1ccc2c(c1)C(=O)N(CCC1CCCNC1)C2=O. The van der Waals surface area contributed by atoms with E-state index in [1.165, 1.54) is 17.7 Å². The monoisotopic (exact) mass is 272 g/mol. The second-order valence-electron chi connectivity index (χ2n) is 5.81. The molecule has 2 aliphatic heterocycles. The number of fused-ring (bicyclic) bond motifs is 1. The average molecular weight is 272 g/mol. The summed E-state index contributed by atoms with van der Waals surface area (Å²) in [5, 5.41) is 3.37. The quantitative estimate of drug-likeness (QED) is 0.856. The van der Waals surface area contributed by atoms with Gasteiger partial charge in [-0.25, -0.2) is 0 Å². The van der Waals surface area contributed by atoms with Crippen LogP contribution in [0.15, 0.2) is 18.2 Å². The minimum absolute atomic E-state index is 0.127. The van der Waals surface area contributed by atoms with E-state index in [0.717, 1.165) is 25.1 Å². The Morgan fingerprint density at radius 2 is 2.05 bits per heavy atom. The highest BCUT2D eigenvalue weighted by Crippen LogP contribution is 2.25. The first-order chi connectivity index (χ1) is 9.66. The Morgan fingerprint density at radius 1 is 1.25 bits per heavy atom. The lowest BCUT2D eigenvalue weighted by Crippen LogP contribution is -2.35. The van der Waals surface area contributed by atoms with Crippen molar-refractivity contribution in [2.24, 2.45) is 5.92 Å². The number of hydrogen-bond donors (Lipinski definition) is 1. The summed E-state index contributed by atoms with van der Waals surface area (Å²) in [6.45, 7) is 4.57. The van der Waals surface area contributed by atoms with E-state index in [1.54, 1.807) is 6.07 Å². The predicted octanol–water partition coefficient (Wildman–Crippen LogP) is 1.98. The molecule has 1 fully saturated rings. The summed E-state index contributed by atoms with van der Waals surface area (Å²) in [6.07, 6.45) is 3.28. The molecule has 20 heavy (non-hydrogen) atoms. The van der Waals surface area contributed by atoms with E-state index in [-0.39, 0.29) is 11.8 Å². The van der Waals surface area contributed by atoms with Gasteiger partial charge in [0.25, 0.3) is 11.8 Å². The van der Waals surface area contributed by atoms with Crippen LogP contribution in [-0.4, -0.2) is 36.3 Å². The number of carbonyl (C=O) groups excluding carboxylic acids is 2. The molecule has 0 spiro atoms. The summed E-state index contributed by atoms with van der Waals surface area (Å²) in [5.74, 6) is 0.320. The van der Waals surface area contributed by atoms with E-state index >= 15 is 0 Å². The first kappa shape index (κ1) is 13.3. The van der Waals surface area contributed by atoms with Crippen molar-refractivity contribution in [1.82, 2.24) is 10.2 Å². The first-order valence-electron chi connectivity index (χ1n) is 7.34. The lowest BCUT2D eigenvalue weighted by atomic mass is 9.96. The molecule has 2 amide bonds. The van der Waals surface area contributed by atoms with Gasteiger partial charge in [-0.05, 0) is 57.3 Å². The van der Waals surface area contributed by atoms with Crippen LogP contribution in [0.2, 0.25) is 0 Å². The summed E-state index contributed by atoms with van der Waals surface area (Å²) in [6, 6.07) is 5.48. The third-order valence-corrected chi connectivity index (χ3v) is 4.29. The molecule has 1 N–H and O–H groups in total. The van der Waals surface area contributed by atoms with Crippen LogP contribution in [0, 0.1) is 12.8 Å². The smallest absolute Gasteiger partial charge is 0.261 e. The summed E-state index contributed by atoms with van der Waals surface area (Å²) in [4.78, 5) is 26.0. The van der Waals surface area contributed by atoms with E-state index in [4.69, 9.17) is 0 Å². The van der Waals surface area contributed by atoms with E-state index in [0.29, 0.717) is 23.6 Å². The lowest BCUT2D eigenvalue weighted by molar-refractivity contribution is 0.0643. The highest BCUT2D eigenvalue weighted by molar-refractivity contribution is 6.21. The molecule has 0 aliphatic carbocycles. The third-order valence-electron chi connectivity index (χ3n) is 4.29. The van der Waals surface area contributed by atoms with Crippen LogP contribution in [0.1, 0.15) is 45.5 Å². The second kappa shape index (κ2) is 5.37. The zero-order valence-electron chi connectivity index (χ0n) is 11.8. The van der Waals surface area contributed by atoms with E-state index in [2.05, 4.69) is 5.32 Å². The van der Waals surface area contributed by atoms with Crippen LogP contribution in [0.4, 0.5) is 0 Å². The van der Waals surface area contributed by atoms with Crippen molar-refractivity contribution >= 4 is 11.8 Å². The van der Waals surface area contributed by atoms with Crippen molar-refractivity contribution in [3.8, 4) is 0 Å². The molecule has 0 radical (unpaired) electrons. The molecule has 2 heterocycles. The molecule has 0 aromatic heterocycles. The highest BCUT2D eigenvalue weighted by Gasteiger charge is 2.35. The molecule has 4 nitrogen and oxygen atoms in total. The molecule has 1 saturated heterocycles. The average Bonchev–Trinajstić information content (AvgIpc) is 2.70. The molecular weight excluding hydrogens is 252 g/mol. The zero-order valence-corrected chi connectivity index (χ0v) is 11.8. The number of benzene rings is 1. The third kappa shape index (κ3) is 2.36. The second-order valence-corrected chi connectivity index (χ2v) is 5.81. The summed E-state index contributed by atoms with van der Waals surface area (Å²) in [7, 11) is 0. The van der Waals surface area contributed by atoms with Crippen molar-refractivity contribution in [2.75, 3.05) is 19.6 Å². The molecule has 4 heteroatoms. The van der Waals surface area contributed by atoms with Crippen molar-refractivity contribution in [2.45, 2.75) is 26.2 Å². The standard InChI is InChI=1S/C16H20N2O2/c1-11-4-5-13-14(9-11)16(20)18(15(13)19)8-6-12-3-2-7-17-10-12/h4-5,9,12,17H,2-3,6-8,10H2,1H3. The molecule has 0 bridgehead atoms. The fourth-order valence-corrected chi connectivity index (χ4v) is 3.09. The Hall–Kier alpha value is -1.68. The maximum Gasteiger partial charge on any atom is 0.261 e. The van der Waals surface area contributed by atoms with Crippen molar-refractivity contribution in [3.05, 3.63) is 34.9 Å². The lowest BCUT2D eigenvalue weighted by Gasteiger charge is -2.24. The summed E-state index contributed by atoms with van der Waals surface area (Å²) in [5.41, 5.74) is 2.14. The van der Waals surface area contributed by atoms with E-state index in [1.807, 2.05) is 19.1 Å². The highest BCUT2D eigenvalue weighted by atomic mass is 16.2. The Labute approximate surface area is 119 Å². The van der Waals surface area contributed by atoms with E-state index in [9.17, 15) is 9.59 Å². The normalized spacial score (nSPS) is 22.2. The molecule has 1 aromatic rings. The van der Waals surface area contributed by atoms with Crippen molar-refractivity contribution in [3.63, 3.8) is 0 Å². The van der Waals surface area contributed by atoms with Gasteiger partial charge in [0, 0.05) is 6.54 Å². The number of carbonyl (C=O) groups is 2. The number of piperidine rings is 1. The van der Waals surface area contributed by atoms with Gasteiger partial charge in [-0.1, -0.05) is 11.6 Å². The predicted molar refractivity (Wildman–Crippen MR) is 76.8 cm³/mol. The molecule has 1 aromatic carbocycles. The van der Waals surface area contributed by atoms with Crippen LogP contribution in [0.5, 0.6) is 0 Å². The number of amides is 2. The van der Waals surface area contributed by atoms with Gasteiger partial charge < -0.3 is 5.32 Å². The van der Waals surface area contributed by atoms with Gasteiger partial charge in [0.05, 0.1) is 11.1 Å². The van der Waals surface area contributed by atoms with Gasteiger partial charge in [0.15, 0.2) is 0 Å². The number of nitrogens with zero attached hydrogens (tertiary/aromatic N) is 1.